The van der Waals surface area contributed by atoms with E-state index in [-0.39, 0.29) is 10.8 Å². The largest absolute Gasteiger partial charge is 0.310 e. The molecule has 0 fully saturated rings. The van der Waals surface area contributed by atoms with Crippen molar-refractivity contribution in [3.8, 4) is 39.1 Å². The predicted octanol–water partition coefficient (Wildman–Crippen LogP) is 15.7. The number of rotatable bonds is 5. The van der Waals surface area contributed by atoms with Crippen LogP contribution in [-0.2, 0) is 10.8 Å². The molecule has 0 unspecified atom stereocenters. The summed E-state index contributed by atoms with van der Waals surface area (Å²) >= 11 is 0. The quantitative estimate of drug-likeness (QED) is 0.169. The second-order valence-electron chi connectivity index (χ2n) is 17.7. The summed E-state index contributed by atoms with van der Waals surface area (Å²) < 4.78 is 2.51. The normalized spacial score (nSPS) is 14.3. The van der Waals surface area contributed by atoms with Gasteiger partial charge in [-0.05, 0) is 116 Å². The van der Waals surface area contributed by atoms with E-state index in [2.05, 4.69) is 231 Å². The predicted molar refractivity (Wildman–Crippen MR) is 254 cm³/mol. The second-order valence-corrected chi connectivity index (χ2v) is 17.7. The lowest BCUT2D eigenvalue weighted by molar-refractivity contribution is 0.660. The lowest BCUT2D eigenvalue weighted by Gasteiger charge is -2.29. The van der Waals surface area contributed by atoms with Crippen LogP contribution in [0.5, 0.6) is 0 Å². The first-order valence-electron chi connectivity index (χ1n) is 21.2. The zero-order valence-corrected chi connectivity index (χ0v) is 34.4. The Bertz CT molecular complexity index is 3350. The molecular weight excluding hydrogens is 725 g/mol. The Kier molecular flexibility index (Phi) is 7.36. The highest BCUT2D eigenvalue weighted by Crippen LogP contribution is 2.54. The van der Waals surface area contributed by atoms with Gasteiger partial charge in [0.2, 0.25) is 0 Å². The average Bonchev–Trinajstić information content (AvgIpc) is 3.83. The maximum atomic E-state index is 2.51. The van der Waals surface area contributed by atoms with Crippen molar-refractivity contribution in [3.63, 3.8) is 0 Å². The number of hydrogen-bond donors (Lipinski definition) is 0. The minimum Gasteiger partial charge on any atom is -0.310 e. The summed E-state index contributed by atoms with van der Waals surface area (Å²) in [5, 5.41) is 5.04. The molecule has 2 aliphatic rings. The molecule has 0 saturated heterocycles. The van der Waals surface area contributed by atoms with Crippen LogP contribution in [0.4, 0.5) is 17.1 Å². The fourth-order valence-electron chi connectivity index (χ4n) is 10.8. The van der Waals surface area contributed by atoms with Gasteiger partial charge in [0.05, 0.1) is 16.7 Å². The highest BCUT2D eigenvalue weighted by Gasteiger charge is 2.38. The number of benzene rings is 9. The van der Waals surface area contributed by atoms with Crippen LogP contribution in [0, 0.1) is 0 Å². The van der Waals surface area contributed by atoms with Crippen LogP contribution in [0.25, 0.3) is 71.6 Å². The molecule has 0 radical (unpaired) electrons. The van der Waals surface area contributed by atoms with Gasteiger partial charge < -0.3 is 9.47 Å². The number of fused-ring (bicyclic) bond motifs is 11. The van der Waals surface area contributed by atoms with Crippen LogP contribution in [0.2, 0.25) is 0 Å². The van der Waals surface area contributed by atoms with E-state index in [4.69, 9.17) is 0 Å². The maximum Gasteiger partial charge on any atom is 0.0568 e. The summed E-state index contributed by atoms with van der Waals surface area (Å²) in [5.74, 6) is 0. The fourth-order valence-corrected chi connectivity index (χ4v) is 10.8. The molecule has 1 heterocycles. The maximum absolute atomic E-state index is 2.51. The molecule has 0 bridgehead atoms. The lowest BCUT2D eigenvalue weighted by atomic mass is 9.82. The zero-order chi connectivity index (χ0) is 40.3. The lowest BCUT2D eigenvalue weighted by Crippen LogP contribution is -2.16. The van der Waals surface area contributed by atoms with Gasteiger partial charge in [-0.3, -0.25) is 0 Å². The van der Waals surface area contributed by atoms with Crippen molar-refractivity contribution in [1.29, 1.82) is 0 Å². The van der Waals surface area contributed by atoms with E-state index in [0.717, 1.165) is 22.7 Å². The number of aromatic nitrogens is 1. The van der Waals surface area contributed by atoms with E-state index in [1.54, 1.807) is 0 Å². The molecule has 2 heteroatoms. The van der Waals surface area contributed by atoms with Gasteiger partial charge in [-0.25, -0.2) is 0 Å². The van der Waals surface area contributed by atoms with Gasteiger partial charge in [0.25, 0.3) is 0 Å². The van der Waals surface area contributed by atoms with Crippen molar-refractivity contribution in [2.24, 2.45) is 0 Å². The van der Waals surface area contributed by atoms with Crippen molar-refractivity contribution in [2.75, 3.05) is 4.90 Å². The Morgan fingerprint density at radius 1 is 0.367 bits per heavy atom. The summed E-state index contributed by atoms with van der Waals surface area (Å²) in [5.41, 5.74) is 20.0. The van der Waals surface area contributed by atoms with Crippen LogP contribution in [-0.4, -0.2) is 4.57 Å². The van der Waals surface area contributed by atoms with Crippen LogP contribution < -0.4 is 4.90 Å². The highest BCUT2D eigenvalue weighted by molar-refractivity contribution is 6.25. The van der Waals surface area contributed by atoms with Gasteiger partial charge in [0, 0.05) is 44.1 Å². The van der Waals surface area contributed by atoms with Crippen molar-refractivity contribution >= 4 is 49.6 Å². The van der Waals surface area contributed by atoms with E-state index in [9.17, 15) is 0 Å². The number of anilines is 3. The van der Waals surface area contributed by atoms with Gasteiger partial charge in [-0.2, -0.15) is 0 Å². The molecule has 0 aliphatic heterocycles. The average molecular weight is 769 g/mol. The minimum absolute atomic E-state index is 0.110. The molecule has 0 atom stereocenters. The van der Waals surface area contributed by atoms with Crippen LogP contribution >= 0.6 is 0 Å². The first-order chi connectivity index (χ1) is 29.3. The Morgan fingerprint density at radius 3 is 1.60 bits per heavy atom. The molecule has 1 aromatic heterocycles. The smallest absolute Gasteiger partial charge is 0.0568 e. The van der Waals surface area contributed by atoms with E-state index in [0.29, 0.717) is 0 Å². The highest BCUT2D eigenvalue weighted by atomic mass is 15.1. The molecule has 2 nitrogen and oxygen atoms in total. The van der Waals surface area contributed by atoms with Crippen LogP contribution in [0.15, 0.2) is 194 Å². The Hall–Kier alpha value is -7.16. The van der Waals surface area contributed by atoms with Gasteiger partial charge in [0.15, 0.2) is 0 Å². The van der Waals surface area contributed by atoms with Crippen LogP contribution in [0.1, 0.15) is 49.9 Å². The molecule has 2 aliphatic carbocycles. The van der Waals surface area contributed by atoms with E-state index in [1.807, 2.05) is 0 Å². The van der Waals surface area contributed by atoms with Gasteiger partial charge in [0.1, 0.15) is 0 Å². The summed E-state index contributed by atoms with van der Waals surface area (Å²) in [6.07, 6.45) is 0. The molecule has 9 aromatic carbocycles. The summed E-state index contributed by atoms with van der Waals surface area (Å²) in [4.78, 5) is 2.50. The third kappa shape index (κ3) is 4.88. The zero-order valence-electron chi connectivity index (χ0n) is 34.4. The van der Waals surface area contributed by atoms with Gasteiger partial charge in [-0.1, -0.05) is 167 Å². The molecule has 60 heavy (non-hydrogen) atoms. The summed E-state index contributed by atoms with van der Waals surface area (Å²) in [7, 11) is 0. The molecule has 10 aromatic rings. The number of para-hydroxylation sites is 1. The molecule has 12 rings (SSSR count). The van der Waals surface area contributed by atoms with E-state index >= 15 is 0 Å². The van der Waals surface area contributed by atoms with Gasteiger partial charge in [-0.15, -0.1) is 0 Å². The van der Waals surface area contributed by atoms with Crippen molar-refractivity contribution in [1.82, 2.24) is 4.57 Å². The SMILES string of the molecule is CC1(C)c2ccccc2-c2ccc(N(c3ccc(-c4ccccc4)cc3)c3cc4c(c5ccccc35)c3cc5c(cc3n4-c3ccccc3)-c3ccccc3C5(C)C)cc21. The summed E-state index contributed by atoms with van der Waals surface area (Å²) in [6.45, 7) is 9.51. The summed E-state index contributed by atoms with van der Waals surface area (Å²) in [6, 6.07) is 72.3. The molecule has 0 amide bonds. The Labute approximate surface area is 351 Å². The molecule has 0 spiro atoms. The third-order valence-corrected chi connectivity index (χ3v) is 13.8. The van der Waals surface area contributed by atoms with Crippen LogP contribution in [0.3, 0.4) is 0 Å². The monoisotopic (exact) mass is 768 g/mol. The van der Waals surface area contributed by atoms with Gasteiger partial charge >= 0.3 is 0 Å². The third-order valence-electron chi connectivity index (χ3n) is 13.8. The molecule has 0 N–H and O–H groups in total. The van der Waals surface area contributed by atoms with Crippen molar-refractivity contribution in [3.05, 3.63) is 216 Å². The topological polar surface area (TPSA) is 8.17 Å². The van der Waals surface area contributed by atoms with E-state index in [1.165, 1.54) is 88.2 Å². The first kappa shape index (κ1) is 34.8. The molecule has 0 saturated carbocycles. The molecular formula is C58H44N2. The van der Waals surface area contributed by atoms with Crippen molar-refractivity contribution in [2.45, 2.75) is 38.5 Å². The van der Waals surface area contributed by atoms with Crippen molar-refractivity contribution < 1.29 is 0 Å². The fraction of sp³-hybridized carbons (Fsp3) is 0.103. The number of nitrogens with zero attached hydrogens (tertiary/aromatic N) is 2. The molecule has 286 valence electrons. The Balaban J connectivity index is 1.17. The number of hydrogen-bond acceptors (Lipinski definition) is 1. The van der Waals surface area contributed by atoms with E-state index < -0.39 is 0 Å². The standard InChI is InChI=1S/C58H44N2/c1-57(2)49-25-15-13-21-42(49)44-32-31-41(33-51(44)57)59(40-29-27-38(28-30-40)37-17-7-5-8-18-37)54-36-55-56(46-24-12-11-23-45(46)54)48-34-52-47(43-22-14-16-26-50(43)58(52,3)4)35-53(48)60(55)39-19-9-6-10-20-39/h5-36H,1-4H3. The minimum atomic E-state index is -0.136. The first-order valence-corrected chi connectivity index (χ1v) is 21.2. The second kappa shape index (κ2) is 12.7. The Morgan fingerprint density at radius 2 is 0.900 bits per heavy atom.